The lowest BCUT2D eigenvalue weighted by Crippen LogP contribution is -2.43. The summed E-state index contributed by atoms with van der Waals surface area (Å²) < 4.78 is 0. The molecule has 16 heavy (non-hydrogen) atoms. The molecule has 0 radical (unpaired) electrons. The fourth-order valence-corrected chi connectivity index (χ4v) is 2.17. The van der Waals surface area contributed by atoms with Crippen LogP contribution in [0.15, 0.2) is 5.38 Å². The van der Waals surface area contributed by atoms with Gasteiger partial charge in [0.25, 0.3) is 5.91 Å². The van der Waals surface area contributed by atoms with Gasteiger partial charge >= 0.3 is 5.97 Å². The Morgan fingerprint density at radius 2 is 2.25 bits per heavy atom. The first-order valence-electron chi connectivity index (χ1n) is 4.35. The van der Waals surface area contributed by atoms with Crippen molar-refractivity contribution in [1.29, 1.82) is 0 Å². The van der Waals surface area contributed by atoms with Gasteiger partial charge in [-0.05, 0) is 17.9 Å². The van der Waals surface area contributed by atoms with Crippen LogP contribution in [0.25, 0.3) is 0 Å². The Bertz CT molecular complexity index is 418. The average Bonchev–Trinajstić information content (AvgIpc) is 2.55. The van der Waals surface area contributed by atoms with Crippen LogP contribution >= 0.6 is 22.9 Å². The van der Waals surface area contributed by atoms with Gasteiger partial charge in [0, 0.05) is 0 Å². The topological polar surface area (TPSA) is 86.6 Å². The quantitative estimate of drug-likeness (QED) is 0.753. The second-order valence-corrected chi connectivity index (χ2v) is 4.37. The molecule has 0 aliphatic rings. The number of halogens is 1. The zero-order chi connectivity index (χ0) is 12.3. The molecule has 7 heteroatoms. The molecular formula is C9H10ClNO4S. The highest BCUT2D eigenvalue weighted by atomic mass is 35.5. The number of rotatable bonds is 4. The summed E-state index contributed by atoms with van der Waals surface area (Å²) in [7, 11) is 0. The van der Waals surface area contributed by atoms with Gasteiger partial charge in [-0.3, -0.25) is 4.79 Å². The fourth-order valence-electron chi connectivity index (χ4n) is 0.992. The average molecular weight is 264 g/mol. The van der Waals surface area contributed by atoms with Crippen LogP contribution in [0.2, 0.25) is 5.02 Å². The van der Waals surface area contributed by atoms with Gasteiger partial charge in [0.15, 0.2) is 6.04 Å². The molecule has 0 spiro atoms. The second kappa shape index (κ2) is 5.29. The summed E-state index contributed by atoms with van der Waals surface area (Å²) in [6.45, 7) is 1.08. The van der Waals surface area contributed by atoms with E-state index < -0.39 is 24.5 Å². The molecule has 0 fully saturated rings. The Hall–Kier alpha value is -1.11. The van der Waals surface area contributed by atoms with Crippen LogP contribution < -0.4 is 5.32 Å². The Balaban J connectivity index is 2.80. The molecule has 3 N–H and O–H groups in total. The fraction of sp³-hybridized carbons (Fsp3) is 0.333. The van der Waals surface area contributed by atoms with Gasteiger partial charge in [-0.2, -0.15) is 0 Å². The third-order valence-electron chi connectivity index (χ3n) is 1.89. The largest absolute Gasteiger partial charge is 0.480 e. The van der Waals surface area contributed by atoms with E-state index in [1.807, 2.05) is 0 Å². The van der Waals surface area contributed by atoms with E-state index >= 15 is 0 Å². The summed E-state index contributed by atoms with van der Waals surface area (Å²) in [6.07, 6.45) is 0. The van der Waals surface area contributed by atoms with E-state index in [1.54, 1.807) is 12.3 Å². The van der Waals surface area contributed by atoms with Crippen LogP contribution in [0.3, 0.4) is 0 Å². The maximum absolute atomic E-state index is 11.6. The van der Waals surface area contributed by atoms with Gasteiger partial charge in [0.2, 0.25) is 0 Å². The van der Waals surface area contributed by atoms with Gasteiger partial charge < -0.3 is 15.5 Å². The van der Waals surface area contributed by atoms with E-state index in [4.69, 9.17) is 21.8 Å². The first-order valence-corrected chi connectivity index (χ1v) is 5.61. The monoisotopic (exact) mass is 263 g/mol. The number of carboxylic acids is 1. The predicted molar refractivity (Wildman–Crippen MR) is 60.0 cm³/mol. The third kappa shape index (κ3) is 2.72. The number of hydrogen-bond acceptors (Lipinski definition) is 4. The van der Waals surface area contributed by atoms with E-state index in [0.717, 1.165) is 16.9 Å². The number of aliphatic carboxylic acids is 1. The van der Waals surface area contributed by atoms with Crippen molar-refractivity contribution in [3.8, 4) is 0 Å². The van der Waals surface area contributed by atoms with Gasteiger partial charge in [-0.1, -0.05) is 11.6 Å². The summed E-state index contributed by atoms with van der Waals surface area (Å²) in [4.78, 5) is 22.4. The molecule has 0 aliphatic carbocycles. The molecule has 5 nitrogen and oxygen atoms in total. The molecule has 88 valence electrons. The summed E-state index contributed by atoms with van der Waals surface area (Å²) in [5.74, 6) is -1.88. The highest BCUT2D eigenvalue weighted by Gasteiger charge is 2.22. The number of nitrogens with one attached hydrogen (secondary N) is 1. The molecular weight excluding hydrogens is 254 g/mol. The predicted octanol–water partition coefficient (Wildman–Crippen LogP) is 0.885. The minimum atomic E-state index is -1.31. The summed E-state index contributed by atoms with van der Waals surface area (Å²) in [5.41, 5.74) is 0.757. The number of aliphatic hydroxyl groups excluding tert-OH is 1. The van der Waals surface area contributed by atoms with Crippen molar-refractivity contribution in [2.75, 3.05) is 6.61 Å². The van der Waals surface area contributed by atoms with Crippen LogP contribution in [0.4, 0.5) is 0 Å². The van der Waals surface area contributed by atoms with Crippen molar-refractivity contribution in [3.05, 3.63) is 20.8 Å². The summed E-state index contributed by atoms with van der Waals surface area (Å²) >= 11 is 6.98. The minimum absolute atomic E-state index is 0.249. The van der Waals surface area contributed by atoms with Crippen molar-refractivity contribution in [1.82, 2.24) is 5.32 Å². The molecule has 0 bridgehead atoms. The molecule has 1 rings (SSSR count). The maximum Gasteiger partial charge on any atom is 0.328 e. The van der Waals surface area contributed by atoms with Crippen LogP contribution in [0.1, 0.15) is 15.2 Å². The molecule has 1 aromatic rings. The number of aliphatic hydroxyl groups is 1. The third-order valence-corrected chi connectivity index (χ3v) is 3.59. The van der Waals surface area contributed by atoms with Crippen LogP contribution in [-0.4, -0.2) is 34.7 Å². The zero-order valence-electron chi connectivity index (χ0n) is 8.36. The minimum Gasteiger partial charge on any atom is -0.480 e. The number of thiophene rings is 1. The van der Waals surface area contributed by atoms with E-state index in [9.17, 15) is 9.59 Å². The SMILES string of the molecule is Cc1csc(C(=O)NC(CO)C(=O)O)c1Cl. The molecule has 1 amide bonds. The van der Waals surface area contributed by atoms with Gasteiger partial charge in [0.05, 0.1) is 11.6 Å². The van der Waals surface area contributed by atoms with Crippen molar-refractivity contribution >= 4 is 34.8 Å². The maximum atomic E-state index is 11.6. The van der Waals surface area contributed by atoms with Gasteiger partial charge in [-0.25, -0.2) is 4.79 Å². The first kappa shape index (κ1) is 13.0. The molecule has 1 unspecified atom stereocenters. The first-order chi connectivity index (χ1) is 7.47. The number of carboxylic acid groups (broad SMARTS) is 1. The standard InChI is InChI=1S/C9H10ClNO4S/c1-4-3-16-7(6(4)10)8(13)11-5(2-12)9(14)15/h3,5,12H,2H2,1H3,(H,11,13)(H,14,15). The van der Waals surface area contributed by atoms with Crippen LogP contribution in [0.5, 0.6) is 0 Å². The Kier molecular flexibility index (Phi) is 4.28. The molecule has 0 saturated carbocycles. The van der Waals surface area contributed by atoms with Crippen molar-refractivity contribution in [2.45, 2.75) is 13.0 Å². The van der Waals surface area contributed by atoms with Gasteiger partial charge in [0.1, 0.15) is 4.88 Å². The molecule has 0 saturated heterocycles. The normalized spacial score (nSPS) is 12.2. The Morgan fingerprint density at radius 3 is 2.62 bits per heavy atom. The number of carbonyl (C=O) groups excluding carboxylic acids is 1. The van der Waals surface area contributed by atoms with Crippen molar-refractivity contribution < 1.29 is 19.8 Å². The molecule has 1 heterocycles. The van der Waals surface area contributed by atoms with Crippen LogP contribution in [-0.2, 0) is 4.79 Å². The summed E-state index contributed by atoms with van der Waals surface area (Å²) in [5, 5.41) is 21.6. The molecule has 1 atom stereocenters. The smallest absolute Gasteiger partial charge is 0.328 e. The molecule has 0 aromatic carbocycles. The van der Waals surface area contributed by atoms with Gasteiger partial charge in [-0.15, -0.1) is 11.3 Å². The summed E-state index contributed by atoms with van der Waals surface area (Å²) in [6, 6.07) is -1.31. The highest BCUT2D eigenvalue weighted by Crippen LogP contribution is 2.26. The lowest BCUT2D eigenvalue weighted by molar-refractivity contribution is -0.140. The van der Waals surface area contributed by atoms with Crippen molar-refractivity contribution in [2.24, 2.45) is 0 Å². The zero-order valence-corrected chi connectivity index (χ0v) is 9.93. The van der Waals surface area contributed by atoms with E-state index in [-0.39, 0.29) is 4.88 Å². The molecule has 0 aliphatic heterocycles. The van der Waals surface area contributed by atoms with Crippen molar-refractivity contribution in [3.63, 3.8) is 0 Å². The second-order valence-electron chi connectivity index (χ2n) is 3.11. The lowest BCUT2D eigenvalue weighted by atomic mass is 10.3. The van der Waals surface area contributed by atoms with E-state index in [1.165, 1.54) is 0 Å². The highest BCUT2D eigenvalue weighted by molar-refractivity contribution is 7.13. The Labute approximate surface area is 101 Å². The molecule has 1 aromatic heterocycles. The lowest BCUT2D eigenvalue weighted by Gasteiger charge is -2.10. The number of carbonyl (C=O) groups is 2. The number of aryl methyl sites for hydroxylation is 1. The van der Waals surface area contributed by atoms with E-state index in [2.05, 4.69) is 5.32 Å². The van der Waals surface area contributed by atoms with E-state index in [0.29, 0.717) is 5.02 Å². The Morgan fingerprint density at radius 1 is 1.62 bits per heavy atom. The number of hydrogen-bond donors (Lipinski definition) is 3. The number of amides is 1. The van der Waals surface area contributed by atoms with Crippen LogP contribution in [0, 0.1) is 6.92 Å².